The topological polar surface area (TPSA) is 52.6 Å². The summed E-state index contributed by atoms with van der Waals surface area (Å²) in [7, 11) is -3.98. The van der Waals surface area contributed by atoms with Crippen LogP contribution in [-0.4, -0.2) is 20.6 Å². The van der Waals surface area contributed by atoms with Crippen molar-refractivity contribution in [3.63, 3.8) is 0 Å². The van der Waals surface area contributed by atoms with Gasteiger partial charge in [0, 0.05) is 0 Å². The third-order valence-corrected chi connectivity index (χ3v) is 18.3. The molecule has 8 fully saturated rings. The average molecular weight is 615 g/mol. The smallest absolute Gasteiger partial charge is 0.245 e. The molecule has 0 spiro atoms. The van der Waals surface area contributed by atoms with E-state index < -0.39 is 10.4 Å². The van der Waals surface area contributed by atoms with Crippen molar-refractivity contribution in [3.05, 3.63) is 0 Å². The third-order valence-electron chi connectivity index (χ3n) is 17.3. The number of hydrogen-bond acceptors (Lipinski definition) is 4. The van der Waals surface area contributed by atoms with Gasteiger partial charge in [0.15, 0.2) is 0 Å². The minimum absolute atomic E-state index is 0.202. The highest BCUT2D eigenvalue weighted by molar-refractivity contribution is 7.81. The van der Waals surface area contributed by atoms with Gasteiger partial charge in [0.1, 0.15) is 0 Å². The molecule has 8 aliphatic carbocycles. The summed E-state index contributed by atoms with van der Waals surface area (Å²) in [5.74, 6) is 6.50. The van der Waals surface area contributed by atoms with Crippen molar-refractivity contribution in [2.75, 3.05) is 0 Å². The molecule has 0 N–H and O–H groups in total. The Hall–Kier alpha value is -0.130. The summed E-state index contributed by atoms with van der Waals surface area (Å²) in [6, 6.07) is 0. The fourth-order valence-corrected chi connectivity index (χ4v) is 16.0. The lowest BCUT2D eigenvalue weighted by Gasteiger charge is -2.60. The van der Waals surface area contributed by atoms with E-state index in [9.17, 15) is 8.42 Å². The summed E-state index contributed by atoms with van der Waals surface area (Å²) in [6.07, 6.45) is 24.8. The molecule has 0 aromatic heterocycles. The van der Waals surface area contributed by atoms with Crippen LogP contribution in [0.5, 0.6) is 0 Å². The van der Waals surface area contributed by atoms with E-state index in [1.54, 1.807) is 0 Å². The van der Waals surface area contributed by atoms with Gasteiger partial charge in [-0.3, -0.25) is 0 Å². The molecule has 0 aromatic rings. The first-order chi connectivity index (χ1) is 20.4. The van der Waals surface area contributed by atoms with Crippen LogP contribution in [0, 0.1) is 69.0 Å². The minimum Gasteiger partial charge on any atom is -0.245 e. The largest absolute Gasteiger partial charge is 0.400 e. The van der Waals surface area contributed by atoms with Crippen molar-refractivity contribution in [2.24, 2.45) is 69.0 Å². The molecule has 0 aromatic carbocycles. The molecular weight excluding hydrogens is 552 g/mol. The Morgan fingerprint density at radius 2 is 0.930 bits per heavy atom. The van der Waals surface area contributed by atoms with Gasteiger partial charge in [-0.25, -0.2) is 8.37 Å². The lowest BCUT2D eigenvalue weighted by Crippen LogP contribution is -2.54. The molecule has 0 saturated heterocycles. The maximum absolute atomic E-state index is 13.4. The monoisotopic (exact) mass is 614 g/mol. The van der Waals surface area contributed by atoms with E-state index in [-0.39, 0.29) is 12.2 Å². The highest BCUT2D eigenvalue weighted by Gasteiger charge is 2.60. The van der Waals surface area contributed by atoms with Gasteiger partial charge < -0.3 is 0 Å². The molecule has 8 rings (SSSR count). The molecule has 0 aliphatic heterocycles. The van der Waals surface area contributed by atoms with Gasteiger partial charge >= 0.3 is 10.4 Å². The van der Waals surface area contributed by atoms with Gasteiger partial charge in [-0.15, -0.1) is 0 Å². The number of rotatable bonds is 4. The van der Waals surface area contributed by atoms with E-state index in [1.165, 1.54) is 89.9 Å². The molecular formula is C38H62O4S. The van der Waals surface area contributed by atoms with Crippen molar-refractivity contribution in [1.29, 1.82) is 0 Å². The first-order valence-corrected chi connectivity index (χ1v) is 20.4. The van der Waals surface area contributed by atoms with Crippen LogP contribution in [0.4, 0.5) is 0 Å². The van der Waals surface area contributed by atoms with Crippen LogP contribution in [0.1, 0.15) is 156 Å². The summed E-state index contributed by atoms with van der Waals surface area (Å²) < 4.78 is 38.7. The first kappa shape index (κ1) is 30.2. The molecule has 0 bridgehead atoms. The molecule has 0 unspecified atom stereocenters. The van der Waals surface area contributed by atoms with Crippen molar-refractivity contribution in [1.82, 2.24) is 0 Å². The SMILES string of the molecule is C[C@@]12CCC[C@H]1[C@@H]1CC[C@@H]3C[C@H](OS(=O)(=O)O[C@@H]4CC[C@@]5(C)[C@H](CC[C@H]6[C@@H]7CCC[C@@]7(C)CC[C@@H]65)C4)CC[C@]3(C)[C@H]1CC2. The zero-order chi connectivity index (χ0) is 29.8. The highest BCUT2D eigenvalue weighted by atomic mass is 32.3. The molecule has 43 heavy (non-hydrogen) atoms. The molecule has 4 nitrogen and oxygen atoms in total. The number of hydrogen-bond donors (Lipinski definition) is 0. The van der Waals surface area contributed by atoms with Crippen molar-refractivity contribution < 1.29 is 16.8 Å². The summed E-state index contributed by atoms with van der Waals surface area (Å²) in [6.45, 7) is 10.3. The van der Waals surface area contributed by atoms with Crippen LogP contribution in [0.25, 0.3) is 0 Å². The van der Waals surface area contributed by atoms with E-state index >= 15 is 0 Å². The van der Waals surface area contributed by atoms with E-state index in [4.69, 9.17) is 8.37 Å². The lowest BCUT2D eigenvalue weighted by molar-refractivity contribution is -0.123. The van der Waals surface area contributed by atoms with E-state index in [0.717, 1.165) is 74.0 Å². The predicted octanol–water partition coefficient (Wildman–Crippen LogP) is 9.87. The van der Waals surface area contributed by atoms with Gasteiger partial charge in [0.05, 0.1) is 12.2 Å². The zero-order valence-corrected chi connectivity index (χ0v) is 28.8. The highest BCUT2D eigenvalue weighted by Crippen LogP contribution is 2.68. The number of fused-ring (bicyclic) bond motifs is 10. The van der Waals surface area contributed by atoms with Gasteiger partial charge in [-0.2, -0.15) is 8.42 Å². The second kappa shape index (κ2) is 10.4. The Kier molecular flexibility index (Phi) is 7.33. The van der Waals surface area contributed by atoms with Crippen molar-refractivity contribution in [3.8, 4) is 0 Å². The fourth-order valence-electron chi connectivity index (χ4n) is 15.0. The lowest BCUT2D eigenvalue weighted by atomic mass is 9.45. The van der Waals surface area contributed by atoms with Crippen LogP contribution >= 0.6 is 0 Å². The molecule has 5 heteroatoms. The predicted molar refractivity (Wildman–Crippen MR) is 171 cm³/mol. The van der Waals surface area contributed by atoms with E-state index in [2.05, 4.69) is 27.7 Å². The average Bonchev–Trinajstić information content (AvgIpc) is 3.55. The molecule has 0 heterocycles. The normalized spacial score (nSPS) is 56.2. The summed E-state index contributed by atoms with van der Waals surface area (Å²) in [4.78, 5) is 0. The molecule has 0 radical (unpaired) electrons. The summed E-state index contributed by atoms with van der Waals surface area (Å²) in [5.41, 5.74) is 1.91. The fraction of sp³-hybridized carbons (Fsp3) is 1.00. The Morgan fingerprint density at radius 3 is 1.37 bits per heavy atom. The van der Waals surface area contributed by atoms with Crippen LogP contribution in [0.3, 0.4) is 0 Å². The van der Waals surface area contributed by atoms with Gasteiger partial charge in [-0.05, 0) is 185 Å². The zero-order valence-electron chi connectivity index (χ0n) is 28.0. The van der Waals surface area contributed by atoms with Crippen LogP contribution in [0.2, 0.25) is 0 Å². The Morgan fingerprint density at radius 1 is 0.488 bits per heavy atom. The Balaban J connectivity index is 0.878. The molecule has 244 valence electrons. The second-order valence-electron chi connectivity index (χ2n) is 18.9. The van der Waals surface area contributed by atoms with Gasteiger partial charge in [0.2, 0.25) is 0 Å². The van der Waals surface area contributed by atoms with Gasteiger partial charge in [-0.1, -0.05) is 40.5 Å². The minimum atomic E-state index is -3.98. The maximum atomic E-state index is 13.4. The van der Waals surface area contributed by atoms with E-state index in [1.807, 2.05) is 0 Å². The maximum Gasteiger partial charge on any atom is 0.400 e. The molecule has 8 saturated carbocycles. The van der Waals surface area contributed by atoms with E-state index in [0.29, 0.717) is 33.5 Å². The van der Waals surface area contributed by atoms with Crippen molar-refractivity contribution in [2.45, 2.75) is 168 Å². The summed E-state index contributed by atoms with van der Waals surface area (Å²) in [5, 5.41) is 0. The van der Waals surface area contributed by atoms with Crippen LogP contribution in [-0.2, 0) is 18.8 Å². The van der Waals surface area contributed by atoms with Crippen LogP contribution < -0.4 is 0 Å². The van der Waals surface area contributed by atoms with Crippen LogP contribution in [0.15, 0.2) is 0 Å². The molecule has 8 aliphatic rings. The second-order valence-corrected chi connectivity index (χ2v) is 20.1. The van der Waals surface area contributed by atoms with Gasteiger partial charge in [0.25, 0.3) is 0 Å². The standard InChI is InChI=1S/C38H62O4S/c1-35-17-5-7-31(35)29-11-9-25-23-27(13-21-37(25,3)33(29)15-19-35)41-43(39,40)42-28-14-22-38(4)26(24-28)10-12-30-32-8-6-18-36(32,2)20-16-34(30)38/h25-34H,5-24H2,1-4H3/t25-,26-,27-,28-,29+,30+,31+,32+,33+,34+,35+,36+,37+,38+/m1/s1. The summed E-state index contributed by atoms with van der Waals surface area (Å²) >= 11 is 0. The molecule has 14 atom stereocenters. The Labute approximate surface area is 263 Å². The first-order valence-electron chi connectivity index (χ1n) is 19.0. The molecule has 0 amide bonds. The van der Waals surface area contributed by atoms with Crippen molar-refractivity contribution >= 4 is 10.4 Å². The third kappa shape index (κ3) is 4.79. The quantitative estimate of drug-likeness (QED) is 0.316. The Bertz CT molecular complexity index is 1100.